The van der Waals surface area contributed by atoms with Gasteiger partial charge in [-0.05, 0) is 26.7 Å². The Bertz CT molecular complexity index is 400. The fraction of sp³-hybridized carbons (Fsp3) is 0.583. The van der Waals surface area contributed by atoms with E-state index in [0.717, 1.165) is 24.2 Å². The van der Waals surface area contributed by atoms with Gasteiger partial charge in [0.25, 0.3) is 0 Å². The third-order valence-electron chi connectivity index (χ3n) is 2.51. The van der Waals surface area contributed by atoms with Crippen molar-refractivity contribution in [1.29, 1.82) is 0 Å². The normalized spacial score (nSPS) is 14.9. The molecular weight excluding hydrogens is 204 g/mol. The molecule has 0 spiro atoms. The van der Waals surface area contributed by atoms with Gasteiger partial charge in [-0.1, -0.05) is 0 Å². The van der Waals surface area contributed by atoms with Crippen LogP contribution in [0, 0.1) is 0 Å². The summed E-state index contributed by atoms with van der Waals surface area (Å²) in [7, 11) is 0. The molecule has 0 atom stereocenters. The second-order valence-corrected chi connectivity index (χ2v) is 4.14. The summed E-state index contributed by atoms with van der Waals surface area (Å²) in [5.41, 5.74) is 0.791. The Morgan fingerprint density at radius 2 is 2.31 bits per heavy atom. The Labute approximate surface area is 95.1 Å². The lowest BCUT2D eigenvalue weighted by atomic mass is 10.2. The van der Waals surface area contributed by atoms with E-state index in [1.54, 1.807) is 13.1 Å². The summed E-state index contributed by atoms with van der Waals surface area (Å²) in [4.78, 5) is 19.8. The van der Waals surface area contributed by atoms with Crippen LogP contribution in [0.4, 0.5) is 0 Å². The predicted octanol–water partition coefficient (Wildman–Crippen LogP) is 1.88. The number of rotatable bonds is 5. The zero-order valence-corrected chi connectivity index (χ0v) is 9.69. The monoisotopic (exact) mass is 220 g/mol. The lowest BCUT2D eigenvalue weighted by Crippen LogP contribution is -2.06. The molecule has 0 aliphatic heterocycles. The zero-order chi connectivity index (χ0) is 11.5. The van der Waals surface area contributed by atoms with E-state index in [-0.39, 0.29) is 5.78 Å². The number of carbonyl (C=O) groups excluding carboxylic acids is 1. The largest absolute Gasteiger partial charge is 0.478 e. The maximum Gasteiger partial charge on any atom is 0.220 e. The molecule has 1 aromatic heterocycles. The van der Waals surface area contributed by atoms with E-state index >= 15 is 0 Å². The molecule has 0 radical (unpaired) electrons. The lowest BCUT2D eigenvalue weighted by Gasteiger charge is -2.08. The van der Waals surface area contributed by atoms with Gasteiger partial charge in [0.1, 0.15) is 11.6 Å². The fourth-order valence-electron chi connectivity index (χ4n) is 1.59. The van der Waals surface area contributed by atoms with Crippen molar-refractivity contribution in [2.45, 2.75) is 39.0 Å². The summed E-state index contributed by atoms with van der Waals surface area (Å²) >= 11 is 0. The van der Waals surface area contributed by atoms with E-state index in [1.807, 2.05) is 6.92 Å². The van der Waals surface area contributed by atoms with E-state index in [1.165, 1.54) is 0 Å². The van der Waals surface area contributed by atoms with Crippen LogP contribution < -0.4 is 4.74 Å². The van der Waals surface area contributed by atoms with Crippen molar-refractivity contribution in [3.63, 3.8) is 0 Å². The van der Waals surface area contributed by atoms with Crippen LogP contribution in [0.2, 0.25) is 0 Å². The number of hydrogen-bond donors (Lipinski definition) is 0. The van der Waals surface area contributed by atoms with E-state index in [9.17, 15) is 4.79 Å². The number of carbonyl (C=O) groups is 1. The molecule has 1 aromatic rings. The van der Waals surface area contributed by atoms with Crippen LogP contribution in [0.1, 0.15) is 44.0 Å². The summed E-state index contributed by atoms with van der Waals surface area (Å²) in [6, 6.07) is 0. The van der Waals surface area contributed by atoms with Crippen LogP contribution in [0.15, 0.2) is 6.20 Å². The highest BCUT2D eigenvalue weighted by Crippen LogP contribution is 2.38. The number of ketones is 1. The first kappa shape index (κ1) is 11.0. The molecule has 1 aliphatic rings. The first-order valence-corrected chi connectivity index (χ1v) is 5.68. The molecule has 0 bridgehead atoms. The average Bonchev–Trinajstić information content (AvgIpc) is 3.03. The predicted molar refractivity (Wildman–Crippen MR) is 59.6 cm³/mol. The minimum absolute atomic E-state index is 0.101. The van der Waals surface area contributed by atoms with Gasteiger partial charge < -0.3 is 4.74 Å². The van der Waals surface area contributed by atoms with Crippen molar-refractivity contribution < 1.29 is 9.53 Å². The van der Waals surface area contributed by atoms with Crippen LogP contribution >= 0.6 is 0 Å². The van der Waals surface area contributed by atoms with Crippen LogP contribution in [0.25, 0.3) is 0 Å². The van der Waals surface area contributed by atoms with E-state index in [0.29, 0.717) is 24.8 Å². The number of Topliss-reactive ketones (excluding diaryl/α,β-unsaturated/α-hetero) is 1. The Morgan fingerprint density at radius 1 is 1.56 bits per heavy atom. The summed E-state index contributed by atoms with van der Waals surface area (Å²) in [6.45, 7) is 4.03. The Hall–Kier alpha value is -1.45. The average molecular weight is 220 g/mol. The van der Waals surface area contributed by atoms with Crippen molar-refractivity contribution >= 4 is 5.78 Å². The summed E-state index contributed by atoms with van der Waals surface area (Å²) in [6.07, 6.45) is 4.41. The number of ether oxygens (including phenoxy) is 1. The van der Waals surface area contributed by atoms with Crippen molar-refractivity contribution in [2.75, 3.05) is 6.61 Å². The first-order chi connectivity index (χ1) is 7.70. The van der Waals surface area contributed by atoms with Crippen LogP contribution in [-0.4, -0.2) is 22.4 Å². The standard InChI is InChI=1S/C12H16N2O2/c1-3-16-12-10(6-8(2)15)7-13-11(14-12)9-4-5-9/h7,9H,3-6H2,1-2H3. The van der Waals surface area contributed by atoms with Gasteiger partial charge in [-0.3, -0.25) is 4.79 Å². The number of hydrogen-bond acceptors (Lipinski definition) is 4. The maximum absolute atomic E-state index is 11.1. The summed E-state index contributed by atoms with van der Waals surface area (Å²) < 4.78 is 5.45. The molecular formula is C12H16N2O2. The highest BCUT2D eigenvalue weighted by Gasteiger charge is 2.27. The smallest absolute Gasteiger partial charge is 0.220 e. The highest BCUT2D eigenvalue weighted by molar-refractivity contribution is 5.78. The van der Waals surface area contributed by atoms with E-state index in [4.69, 9.17) is 4.74 Å². The maximum atomic E-state index is 11.1. The number of nitrogens with zero attached hydrogens (tertiary/aromatic N) is 2. The number of aromatic nitrogens is 2. The quantitative estimate of drug-likeness (QED) is 0.760. The van der Waals surface area contributed by atoms with Crippen LogP contribution in [0.5, 0.6) is 5.88 Å². The van der Waals surface area contributed by atoms with Gasteiger partial charge >= 0.3 is 0 Å². The van der Waals surface area contributed by atoms with Gasteiger partial charge in [0.05, 0.1) is 6.61 Å². The SMILES string of the molecule is CCOc1nc(C2CC2)ncc1CC(C)=O. The van der Waals surface area contributed by atoms with Gasteiger partial charge in [-0.2, -0.15) is 4.98 Å². The topological polar surface area (TPSA) is 52.1 Å². The molecule has 0 unspecified atom stereocenters. The Kier molecular flexibility index (Phi) is 3.17. The molecule has 1 aliphatic carbocycles. The Morgan fingerprint density at radius 3 is 2.88 bits per heavy atom. The van der Waals surface area contributed by atoms with Crippen molar-refractivity contribution in [2.24, 2.45) is 0 Å². The van der Waals surface area contributed by atoms with Crippen LogP contribution in [0.3, 0.4) is 0 Å². The van der Waals surface area contributed by atoms with Gasteiger partial charge in [0.15, 0.2) is 0 Å². The molecule has 4 heteroatoms. The minimum atomic E-state index is 0.101. The zero-order valence-electron chi connectivity index (χ0n) is 9.69. The third-order valence-corrected chi connectivity index (χ3v) is 2.51. The molecule has 16 heavy (non-hydrogen) atoms. The van der Waals surface area contributed by atoms with Crippen LogP contribution in [-0.2, 0) is 11.2 Å². The molecule has 2 rings (SSSR count). The van der Waals surface area contributed by atoms with E-state index < -0.39 is 0 Å². The van der Waals surface area contributed by atoms with E-state index in [2.05, 4.69) is 9.97 Å². The second-order valence-electron chi connectivity index (χ2n) is 4.14. The fourth-order valence-corrected chi connectivity index (χ4v) is 1.59. The van der Waals surface area contributed by atoms with Gasteiger partial charge in [-0.25, -0.2) is 4.98 Å². The van der Waals surface area contributed by atoms with Gasteiger partial charge in [-0.15, -0.1) is 0 Å². The molecule has 0 aromatic carbocycles. The second kappa shape index (κ2) is 4.60. The molecule has 0 amide bonds. The Balaban J connectivity index is 2.24. The third kappa shape index (κ3) is 2.56. The molecule has 4 nitrogen and oxygen atoms in total. The minimum Gasteiger partial charge on any atom is -0.478 e. The molecule has 1 fully saturated rings. The van der Waals surface area contributed by atoms with Crippen molar-refractivity contribution in [3.05, 3.63) is 17.6 Å². The van der Waals surface area contributed by atoms with Gasteiger partial charge in [0.2, 0.25) is 5.88 Å². The summed E-state index contributed by atoms with van der Waals surface area (Å²) in [5.74, 6) is 2.04. The lowest BCUT2D eigenvalue weighted by molar-refractivity contribution is -0.116. The molecule has 1 saturated carbocycles. The van der Waals surface area contributed by atoms with Gasteiger partial charge in [0, 0.05) is 24.1 Å². The van der Waals surface area contributed by atoms with Crippen molar-refractivity contribution in [1.82, 2.24) is 9.97 Å². The molecule has 86 valence electrons. The molecule has 1 heterocycles. The first-order valence-electron chi connectivity index (χ1n) is 5.68. The highest BCUT2D eigenvalue weighted by atomic mass is 16.5. The molecule has 0 N–H and O–H groups in total. The summed E-state index contributed by atoms with van der Waals surface area (Å²) in [5, 5.41) is 0. The molecule has 0 saturated heterocycles. The van der Waals surface area contributed by atoms with Crippen molar-refractivity contribution in [3.8, 4) is 5.88 Å².